The first-order chi connectivity index (χ1) is 14.5. The van der Waals surface area contributed by atoms with Crippen LogP contribution in [0.25, 0.3) is 17.1 Å². The molecule has 2 aromatic carbocycles. The topological polar surface area (TPSA) is 51.0 Å². The highest BCUT2D eigenvalue weighted by atomic mass is 32.2. The molecule has 0 spiro atoms. The summed E-state index contributed by atoms with van der Waals surface area (Å²) in [5.74, 6) is -0.0892. The second-order valence-electron chi connectivity index (χ2n) is 7.46. The normalized spacial score (nSPS) is 14.8. The van der Waals surface area contributed by atoms with Gasteiger partial charge < -0.3 is 4.90 Å². The van der Waals surface area contributed by atoms with Gasteiger partial charge in [-0.2, -0.15) is 0 Å². The zero-order valence-electron chi connectivity index (χ0n) is 16.6. The van der Waals surface area contributed by atoms with E-state index < -0.39 is 11.6 Å². The van der Waals surface area contributed by atoms with Crippen LogP contribution in [-0.4, -0.2) is 44.4 Å². The lowest BCUT2D eigenvalue weighted by molar-refractivity contribution is -0.129. The molecule has 1 aliphatic rings. The highest BCUT2D eigenvalue weighted by molar-refractivity contribution is 7.99. The van der Waals surface area contributed by atoms with Crippen molar-refractivity contribution in [1.82, 2.24) is 19.7 Å². The number of carbonyl (C=O) groups is 1. The van der Waals surface area contributed by atoms with Gasteiger partial charge in [-0.05, 0) is 30.9 Å². The molecule has 1 saturated heterocycles. The van der Waals surface area contributed by atoms with Crippen LogP contribution in [0.4, 0.5) is 8.78 Å². The lowest BCUT2D eigenvalue weighted by Gasteiger charge is -2.30. The molecule has 4 rings (SSSR count). The number of amides is 1. The minimum Gasteiger partial charge on any atom is -0.342 e. The Hall–Kier alpha value is -2.74. The van der Waals surface area contributed by atoms with Crippen molar-refractivity contribution < 1.29 is 13.6 Å². The Morgan fingerprint density at radius 2 is 1.83 bits per heavy atom. The minimum atomic E-state index is -0.717. The SMILES string of the molecule is CC1CCN(C(=O)CSc2nnc(-c3ccccc3)n2-c2ccc(F)cc2F)CC1. The van der Waals surface area contributed by atoms with Crippen molar-refractivity contribution in [3.63, 3.8) is 0 Å². The van der Waals surface area contributed by atoms with Crippen LogP contribution in [0.15, 0.2) is 53.7 Å². The molecule has 0 aliphatic carbocycles. The summed E-state index contributed by atoms with van der Waals surface area (Å²) < 4.78 is 29.6. The fraction of sp³-hybridized carbons (Fsp3) is 0.318. The van der Waals surface area contributed by atoms with Crippen LogP contribution in [-0.2, 0) is 4.79 Å². The molecule has 5 nitrogen and oxygen atoms in total. The monoisotopic (exact) mass is 428 g/mol. The van der Waals surface area contributed by atoms with Gasteiger partial charge in [-0.3, -0.25) is 9.36 Å². The van der Waals surface area contributed by atoms with Crippen molar-refractivity contribution in [3.05, 3.63) is 60.2 Å². The predicted molar refractivity (Wildman–Crippen MR) is 112 cm³/mol. The molecule has 1 aromatic heterocycles. The van der Waals surface area contributed by atoms with Crippen molar-refractivity contribution >= 4 is 17.7 Å². The number of likely N-dealkylation sites (tertiary alicyclic amines) is 1. The number of halogens is 2. The number of nitrogens with zero attached hydrogens (tertiary/aromatic N) is 4. The van der Waals surface area contributed by atoms with Crippen molar-refractivity contribution in [3.8, 4) is 17.1 Å². The standard InChI is InChI=1S/C22H22F2N4OS/c1-15-9-11-27(12-10-15)20(29)14-30-22-26-25-21(16-5-3-2-4-6-16)28(22)19-8-7-17(23)13-18(19)24/h2-8,13,15H,9-12,14H2,1H3. The summed E-state index contributed by atoms with van der Waals surface area (Å²) in [5.41, 5.74) is 0.888. The molecule has 2 heterocycles. The van der Waals surface area contributed by atoms with Gasteiger partial charge in [0, 0.05) is 24.7 Å². The number of rotatable bonds is 5. The third-order valence-electron chi connectivity index (χ3n) is 5.28. The zero-order valence-corrected chi connectivity index (χ0v) is 17.4. The molecule has 8 heteroatoms. The summed E-state index contributed by atoms with van der Waals surface area (Å²) in [4.78, 5) is 14.5. The van der Waals surface area contributed by atoms with Crippen LogP contribution < -0.4 is 0 Å². The number of benzene rings is 2. The predicted octanol–water partition coefficient (Wildman–Crippen LogP) is 4.56. The summed E-state index contributed by atoms with van der Waals surface area (Å²) in [5, 5.41) is 8.83. The van der Waals surface area contributed by atoms with E-state index in [2.05, 4.69) is 17.1 Å². The van der Waals surface area contributed by atoms with Crippen LogP contribution in [0.5, 0.6) is 0 Å². The van der Waals surface area contributed by atoms with E-state index in [1.54, 1.807) is 4.57 Å². The van der Waals surface area contributed by atoms with Crippen LogP contribution in [0.3, 0.4) is 0 Å². The van der Waals surface area contributed by atoms with Crippen molar-refractivity contribution in [2.24, 2.45) is 5.92 Å². The number of piperidine rings is 1. The molecule has 0 unspecified atom stereocenters. The fourth-order valence-electron chi connectivity index (χ4n) is 3.49. The lowest BCUT2D eigenvalue weighted by Crippen LogP contribution is -2.38. The van der Waals surface area contributed by atoms with Gasteiger partial charge in [-0.15, -0.1) is 10.2 Å². The Morgan fingerprint density at radius 1 is 1.10 bits per heavy atom. The molecule has 3 aromatic rings. The van der Waals surface area contributed by atoms with Gasteiger partial charge in [-0.1, -0.05) is 49.0 Å². The van der Waals surface area contributed by atoms with Crippen molar-refractivity contribution in [2.45, 2.75) is 24.9 Å². The maximum Gasteiger partial charge on any atom is 0.233 e. The van der Waals surface area contributed by atoms with Crippen LogP contribution in [0, 0.1) is 17.6 Å². The lowest BCUT2D eigenvalue weighted by atomic mass is 9.99. The molecule has 156 valence electrons. The van der Waals surface area contributed by atoms with Gasteiger partial charge in [0.1, 0.15) is 11.6 Å². The highest BCUT2D eigenvalue weighted by Gasteiger charge is 2.23. The number of hydrogen-bond acceptors (Lipinski definition) is 4. The zero-order chi connectivity index (χ0) is 21.1. The summed E-state index contributed by atoms with van der Waals surface area (Å²) in [6, 6.07) is 12.6. The second-order valence-corrected chi connectivity index (χ2v) is 8.40. The molecule has 1 amide bonds. The first kappa shape index (κ1) is 20.5. The van der Waals surface area contributed by atoms with Gasteiger partial charge in [-0.25, -0.2) is 8.78 Å². The average molecular weight is 429 g/mol. The third-order valence-corrected chi connectivity index (χ3v) is 6.19. The van der Waals surface area contributed by atoms with E-state index in [1.165, 1.54) is 23.9 Å². The Kier molecular flexibility index (Phi) is 6.13. The molecule has 1 fully saturated rings. The summed E-state index contributed by atoms with van der Waals surface area (Å²) in [6.45, 7) is 3.71. The summed E-state index contributed by atoms with van der Waals surface area (Å²) in [6.07, 6.45) is 2.01. The largest absolute Gasteiger partial charge is 0.342 e. The number of thioether (sulfide) groups is 1. The van der Waals surface area contributed by atoms with E-state index in [0.717, 1.165) is 37.6 Å². The van der Waals surface area contributed by atoms with E-state index >= 15 is 0 Å². The molecule has 0 bridgehead atoms. The maximum atomic E-state index is 14.6. The van der Waals surface area contributed by atoms with E-state index in [1.807, 2.05) is 35.2 Å². The number of carbonyl (C=O) groups excluding carboxylic acids is 1. The second kappa shape index (κ2) is 8.95. The Balaban J connectivity index is 1.63. The smallest absolute Gasteiger partial charge is 0.233 e. The van der Waals surface area contributed by atoms with E-state index in [4.69, 9.17) is 0 Å². The summed E-state index contributed by atoms with van der Waals surface area (Å²) >= 11 is 1.21. The number of aromatic nitrogens is 3. The third kappa shape index (κ3) is 4.38. The van der Waals surface area contributed by atoms with E-state index in [0.29, 0.717) is 16.9 Å². The minimum absolute atomic E-state index is 0.0299. The van der Waals surface area contributed by atoms with E-state index in [-0.39, 0.29) is 17.3 Å². The van der Waals surface area contributed by atoms with Crippen LogP contribution in [0.1, 0.15) is 19.8 Å². The first-order valence-corrected chi connectivity index (χ1v) is 10.9. The van der Waals surface area contributed by atoms with Crippen molar-refractivity contribution in [2.75, 3.05) is 18.8 Å². The van der Waals surface area contributed by atoms with Crippen molar-refractivity contribution in [1.29, 1.82) is 0 Å². The molecule has 1 aliphatic heterocycles. The molecular formula is C22H22F2N4OS. The quantitative estimate of drug-likeness (QED) is 0.559. The first-order valence-electron chi connectivity index (χ1n) is 9.90. The highest BCUT2D eigenvalue weighted by Crippen LogP contribution is 2.30. The van der Waals surface area contributed by atoms with Gasteiger partial charge in [0.25, 0.3) is 0 Å². The molecule has 0 N–H and O–H groups in total. The van der Waals surface area contributed by atoms with Gasteiger partial charge in [0.2, 0.25) is 5.91 Å². The molecule has 0 saturated carbocycles. The molecule has 0 radical (unpaired) electrons. The Morgan fingerprint density at radius 3 is 2.53 bits per heavy atom. The Bertz CT molecular complexity index is 1030. The number of hydrogen-bond donors (Lipinski definition) is 0. The molecular weight excluding hydrogens is 406 g/mol. The Labute approximate surface area is 178 Å². The van der Waals surface area contributed by atoms with Gasteiger partial charge in [0.15, 0.2) is 11.0 Å². The average Bonchev–Trinajstić information content (AvgIpc) is 3.17. The molecule has 0 atom stereocenters. The maximum absolute atomic E-state index is 14.6. The van der Waals surface area contributed by atoms with Crippen LogP contribution in [0.2, 0.25) is 0 Å². The van der Waals surface area contributed by atoms with Gasteiger partial charge >= 0.3 is 0 Å². The molecule has 30 heavy (non-hydrogen) atoms. The fourth-order valence-corrected chi connectivity index (χ4v) is 4.34. The van der Waals surface area contributed by atoms with Gasteiger partial charge in [0.05, 0.1) is 11.4 Å². The summed E-state index contributed by atoms with van der Waals surface area (Å²) in [7, 11) is 0. The van der Waals surface area contributed by atoms with Crippen LogP contribution >= 0.6 is 11.8 Å². The van der Waals surface area contributed by atoms with E-state index in [9.17, 15) is 13.6 Å².